The van der Waals surface area contributed by atoms with E-state index in [-0.39, 0.29) is 0 Å². The van der Waals surface area contributed by atoms with Crippen LogP contribution in [0.3, 0.4) is 0 Å². The van der Waals surface area contributed by atoms with Crippen LogP contribution in [0.2, 0.25) is 0 Å². The van der Waals surface area contributed by atoms with Crippen LogP contribution in [0.15, 0.2) is 60.3 Å². The third-order valence-electron chi connectivity index (χ3n) is 1.74. The molecule has 0 aliphatic carbocycles. The fourth-order valence-electron chi connectivity index (χ4n) is 0.814. The van der Waals surface area contributed by atoms with E-state index in [1.165, 1.54) is 5.57 Å². The minimum atomic E-state index is 1.07. The molecule has 70 valence electrons. The molecular weight excluding hydrogens is 156 g/mol. The van der Waals surface area contributed by atoms with Gasteiger partial charge in [-0.3, -0.25) is 0 Å². The molecule has 0 saturated heterocycles. The van der Waals surface area contributed by atoms with Gasteiger partial charge in [-0.15, -0.1) is 0 Å². The highest BCUT2D eigenvalue weighted by Gasteiger charge is 1.91. The van der Waals surface area contributed by atoms with Crippen LogP contribution in [0.25, 0.3) is 0 Å². The Bertz CT molecular complexity index is 272. The zero-order valence-electron chi connectivity index (χ0n) is 8.80. The summed E-state index contributed by atoms with van der Waals surface area (Å²) in [6, 6.07) is 0. The van der Waals surface area contributed by atoms with Crippen LogP contribution < -0.4 is 0 Å². The number of rotatable bonds is 4. The van der Waals surface area contributed by atoms with Crippen molar-refractivity contribution in [1.82, 2.24) is 0 Å². The van der Waals surface area contributed by atoms with E-state index in [0.717, 1.165) is 11.1 Å². The van der Waals surface area contributed by atoms with Crippen LogP contribution in [-0.4, -0.2) is 0 Å². The monoisotopic (exact) mass is 174 g/mol. The van der Waals surface area contributed by atoms with Crippen molar-refractivity contribution >= 4 is 0 Å². The van der Waals surface area contributed by atoms with Crippen molar-refractivity contribution in [3.63, 3.8) is 0 Å². The van der Waals surface area contributed by atoms with Crippen molar-refractivity contribution in [2.24, 2.45) is 0 Å². The molecule has 0 unspecified atom stereocenters. The first-order valence-electron chi connectivity index (χ1n) is 4.41. The molecule has 0 saturated carbocycles. The van der Waals surface area contributed by atoms with E-state index in [4.69, 9.17) is 0 Å². The summed E-state index contributed by atoms with van der Waals surface area (Å²) in [6.45, 7) is 13.7. The molecule has 0 fully saturated rings. The van der Waals surface area contributed by atoms with Crippen LogP contribution in [0.1, 0.15) is 20.8 Å². The fraction of sp³-hybridized carbons (Fsp3) is 0.231. The Morgan fingerprint density at radius 3 is 2.23 bits per heavy atom. The topological polar surface area (TPSA) is 0 Å². The van der Waals surface area contributed by atoms with E-state index >= 15 is 0 Å². The highest BCUT2D eigenvalue weighted by atomic mass is 14.0. The largest absolute Gasteiger partial charge is 0.0991 e. The fourth-order valence-corrected chi connectivity index (χ4v) is 0.814. The summed E-state index contributed by atoms with van der Waals surface area (Å²) in [5.41, 5.74) is 3.46. The summed E-state index contributed by atoms with van der Waals surface area (Å²) < 4.78 is 0. The summed E-state index contributed by atoms with van der Waals surface area (Å²) in [7, 11) is 0. The first-order valence-corrected chi connectivity index (χ1v) is 4.41. The molecule has 0 aromatic carbocycles. The predicted octanol–water partition coefficient (Wildman–Crippen LogP) is 4.20. The van der Waals surface area contributed by atoms with Gasteiger partial charge < -0.3 is 0 Å². The van der Waals surface area contributed by atoms with Crippen LogP contribution in [0.4, 0.5) is 0 Å². The maximum atomic E-state index is 3.91. The van der Waals surface area contributed by atoms with Gasteiger partial charge in [0.25, 0.3) is 0 Å². The van der Waals surface area contributed by atoms with Crippen LogP contribution in [-0.2, 0) is 0 Å². The smallest absolute Gasteiger partial charge is 0.0231 e. The molecule has 0 bridgehead atoms. The van der Waals surface area contributed by atoms with Gasteiger partial charge in [-0.05, 0) is 26.3 Å². The summed E-state index contributed by atoms with van der Waals surface area (Å²) in [5, 5.41) is 0. The highest BCUT2D eigenvalue weighted by molar-refractivity contribution is 5.42. The van der Waals surface area contributed by atoms with Crippen LogP contribution in [0, 0.1) is 0 Å². The van der Waals surface area contributed by atoms with E-state index in [0.29, 0.717) is 0 Å². The summed E-state index contributed by atoms with van der Waals surface area (Å²) in [5.74, 6) is 0. The van der Waals surface area contributed by atoms with E-state index in [2.05, 4.69) is 32.2 Å². The van der Waals surface area contributed by atoms with Crippen molar-refractivity contribution < 1.29 is 0 Å². The quantitative estimate of drug-likeness (QED) is 0.560. The average Bonchev–Trinajstić information content (AvgIpc) is 2.11. The second-order valence-corrected chi connectivity index (χ2v) is 3.01. The predicted molar refractivity (Wildman–Crippen MR) is 61.7 cm³/mol. The minimum absolute atomic E-state index is 1.07. The molecule has 0 aromatic heterocycles. The number of allylic oxidation sites excluding steroid dienone is 8. The number of hydrogen-bond acceptors (Lipinski definition) is 0. The van der Waals surface area contributed by atoms with Gasteiger partial charge in [0.15, 0.2) is 0 Å². The Balaban J connectivity index is 4.80. The molecule has 0 heteroatoms. The highest BCUT2D eigenvalue weighted by Crippen LogP contribution is 2.11. The molecule has 0 aromatic rings. The normalized spacial score (nSPS) is 13.5. The Kier molecular flexibility index (Phi) is 5.62. The van der Waals surface area contributed by atoms with Crippen LogP contribution in [0.5, 0.6) is 0 Å². The molecule has 0 N–H and O–H groups in total. The molecule has 0 atom stereocenters. The SMILES string of the molecule is C=C\C=C/C(=C/C(C)=C\C)C(=C)C. The lowest BCUT2D eigenvalue weighted by Gasteiger charge is -2.00. The van der Waals surface area contributed by atoms with E-state index in [1.54, 1.807) is 6.08 Å². The van der Waals surface area contributed by atoms with Gasteiger partial charge >= 0.3 is 0 Å². The zero-order valence-corrected chi connectivity index (χ0v) is 8.80. The molecule has 13 heavy (non-hydrogen) atoms. The van der Waals surface area contributed by atoms with Gasteiger partial charge in [-0.25, -0.2) is 0 Å². The van der Waals surface area contributed by atoms with Crippen molar-refractivity contribution in [3.05, 3.63) is 60.3 Å². The standard InChI is InChI=1S/C13H18/c1-6-8-9-13(11(3)4)10-12(5)7-2/h6-10H,1,3H2,2,4-5H3/b9-8-,12-7-,13-10-. The molecular formula is C13H18. The van der Waals surface area contributed by atoms with E-state index in [1.807, 2.05) is 26.0 Å². The lowest BCUT2D eigenvalue weighted by molar-refractivity contribution is 1.39. The third-order valence-corrected chi connectivity index (χ3v) is 1.74. The maximum Gasteiger partial charge on any atom is -0.0231 e. The minimum Gasteiger partial charge on any atom is -0.0991 e. The van der Waals surface area contributed by atoms with E-state index < -0.39 is 0 Å². The second-order valence-electron chi connectivity index (χ2n) is 3.01. The average molecular weight is 174 g/mol. The van der Waals surface area contributed by atoms with Gasteiger partial charge in [0.1, 0.15) is 0 Å². The Labute approximate surface area is 81.7 Å². The molecule has 0 rings (SSSR count). The molecule has 0 spiro atoms. The van der Waals surface area contributed by atoms with Crippen molar-refractivity contribution in [3.8, 4) is 0 Å². The van der Waals surface area contributed by atoms with Gasteiger partial charge in [-0.1, -0.05) is 54.7 Å². The van der Waals surface area contributed by atoms with Crippen molar-refractivity contribution in [2.45, 2.75) is 20.8 Å². The molecule has 0 amide bonds. The first kappa shape index (κ1) is 11.7. The maximum absolute atomic E-state index is 3.91. The Morgan fingerprint density at radius 1 is 1.23 bits per heavy atom. The molecule has 0 heterocycles. The lowest BCUT2D eigenvalue weighted by Crippen LogP contribution is -1.80. The van der Waals surface area contributed by atoms with Gasteiger partial charge in [0.2, 0.25) is 0 Å². The zero-order chi connectivity index (χ0) is 10.3. The third kappa shape index (κ3) is 5.02. The molecule has 0 radical (unpaired) electrons. The first-order chi connectivity index (χ1) is 6.11. The van der Waals surface area contributed by atoms with Crippen molar-refractivity contribution in [2.75, 3.05) is 0 Å². The number of hydrogen-bond donors (Lipinski definition) is 0. The van der Waals surface area contributed by atoms with Crippen molar-refractivity contribution in [1.29, 1.82) is 0 Å². The van der Waals surface area contributed by atoms with Gasteiger partial charge in [0, 0.05) is 0 Å². The molecule has 0 aliphatic rings. The molecule has 0 nitrogen and oxygen atoms in total. The van der Waals surface area contributed by atoms with Gasteiger partial charge in [0.05, 0.1) is 0 Å². The Hall–Kier alpha value is -1.30. The summed E-state index contributed by atoms with van der Waals surface area (Å²) in [6.07, 6.45) is 9.89. The van der Waals surface area contributed by atoms with Crippen LogP contribution >= 0.6 is 0 Å². The summed E-state index contributed by atoms with van der Waals surface area (Å²) in [4.78, 5) is 0. The second kappa shape index (κ2) is 6.24. The van der Waals surface area contributed by atoms with Gasteiger partial charge in [-0.2, -0.15) is 0 Å². The van der Waals surface area contributed by atoms with E-state index in [9.17, 15) is 0 Å². The summed E-state index contributed by atoms with van der Waals surface area (Å²) >= 11 is 0. The Morgan fingerprint density at radius 2 is 1.85 bits per heavy atom. The molecule has 0 aliphatic heterocycles. The lowest BCUT2D eigenvalue weighted by atomic mass is 10.1.